The summed E-state index contributed by atoms with van der Waals surface area (Å²) in [6, 6.07) is 4.95. The van der Waals surface area contributed by atoms with Gasteiger partial charge in [0.15, 0.2) is 16.6 Å². The SMILES string of the molecule is CCOc1cc(/C=C2/C(=O)N(C)C(=S)N2C)ccc1OCC(=O)[O-]. The third-order valence-corrected chi connectivity index (χ3v) is 3.92. The zero-order chi connectivity index (χ0) is 17.9. The van der Waals surface area contributed by atoms with Crippen LogP contribution < -0.4 is 14.6 Å². The summed E-state index contributed by atoms with van der Waals surface area (Å²) in [7, 11) is 3.33. The van der Waals surface area contributed by atoms with Crippen molar-refractivity contribution in [3.8, 4) is 11.5 Å². The van der Waals surface area contributed by atoms with Gasteiger partial charge < -0.3 is 24.3 Å². The molecule has 8 heteroatoms. The Morgan fingerprint density at radius 3 is 2.50 bits per heavy atom. The van der Waals surface area contributed by atoms with Gasteiger partial charge in [0.2, 0.25) is 0 Å². The number of benzene rings is 1. The first-order chi connectivity index (χ1) is 11.3. The molecule has 1 fully saturated rings. The number of hydrogen-bond acceptors (Lipinski definition) is 6. The highest BCUT2D eigenvalue weighted by Crippen LogP contribution is 2.30. The minimum Gasteiger partial charge on any atom is -0.546 e. The predicted molar refractivity (Wildman–Crippen MR) is 89.2 cm³/mol. The molecule has 0 aromatic heterocycles. The van der Waals surface area contributed by atoms with Crippen LogP contribution in [0.5, 0.6) is 11.5 Å². The molecular formula is C16H17N2O5S-. The fourth-order valence-corrected chi connectivity index (χ4v) is 2.37. The lowest BCUT2D eigenvalue weighted by Gasteiger charge is -2.14. The van der Waals surface area contributed by atoms with Crippen LogP contribution in [0.3, 0.4) is 0 Å². The van der Waals surface area contributed by atoms with Gasteiger partial charge in [0.05, 0.1) is 12.6 Å². The summed E-state index contributed by atoms with van der Waals surface area (Å²) in [6.45, 7) is 1.61. The average molecular weight is 349 g/mol. The van der Waals surface area contributed by atoms with Crippen LogP contribution in [0.25, 0.3) is 6.08 Å². The number of carbonyl (C=O) groups is 2. The Bertz CT molecular complexity index is 716. The minimum absolute atomic E-state index is 0.197. The summed E-state index contributed by atoms with van der Waals surface area (Å²) in [5, 5.41) is 10.9. The minimum atomic E-state index is -1.32. The molecule has 0 aliphatic carbocycles. The molecule has 0 spiro atoms. The Morgan fingerprint density at radius 1 is 1.25 bits per heavy atom. The molecule has 1 heterocycles. The molecule has 1 aromatic carbocycles. The van der Waals surface area contributed by atoms with Crippen LogP contribution in [0.2, 0.25) is 0 Å². The normalized spacial score (nSPS) is 16.0. The van der Waals surface area contributed by atoms with Crippen LogP contribution in [-0.2, 0) is 9.59 Å². The highest BCUT2D eigenvalue weighted by Gasteiger charge is 2.32. The predicted octanol–water partition coefficient (Wildman–Crippen LogP) is 0.244. The number of likely N-dealkylation sites (N-methyl/N-ethyl adjacent to an activating group) is 2. The number of ether oxygens (including phenoxy) is 2. The molecule has 0 N–H and O–H groups in total. The van der Waals surface area contributed by atoms with E-state index in [-0.39, 0.29) is 5.91 Å². The van der Waals surface area contributed by atoms with E-state index in [1.807, 2.05) is 0 Å². The second kappa shape index (κ2) is 7.31. The molecule has 1 aliphatic heterocycles. The van der Waals surface area contributed by atoms with E-state index in [1.165, 1.54) is 4.90 Å². The van der Waals surface area contributed by atoms with Crippen molar-refractivity contribution in [3.05, 3.63) is 29.5 Å². The molecule has 0 unspecified atom stereocenters. The van der Waals surface area contributed by atoms with E-state index in [4.69, 9.17) is 21.7 Å². The number of rotatable bonds is 6. The summed E-state index contributed by atoms with van der Waals surface area (Å²) >= 11 is 5.17. The van der Waals surface area contributed by atoms with E-state index >= 15 is 0 Å². The number of carboxylic acid groups (broad SMARTS) is 1. The second-order valence-electron chi connectivity index (χ2n) is 5.04. The van der Waals surface area contributed by atoms with Crippen molar-refractivity contribution in [1.29, 1.82) is 0 Å². The van der Waals surface area contributed by atoms with Gasteiger partial charge in [0.1, 0.15) is 12.3 Å². The van der Waals surface area contributed by atoms with Crippen LogP contribution in [0, 0.1) is 0 Å². The number of thiocarbonyl (C=S) groups is 1. The highest BCUT2D eigenvalue weighted by atomic mass is 32.1. The number of nitrogens with zero attached hydrogens (tertiary/aromatic N) is 2. The van der Waals surface area contributed by atoms with Crippen molar-refractivity contribution in [3.63, 3.8) is 0 Å². The standard InChI is InChI=1S/C16H18N2O5S/c1-4-22-13-8-10(5-6-12(13)23-9-14(19)20)7-11-15(21)18(3)16(24)17(11)2/h5-8H,4,9H2,1-3H3,(H,19,20)/p-1/b11-7-. The number of amides is 1. The van der Waals surface area contributed by atoms with E-state index in [0.29, 0.717) is 34.5 Å². The molecule has 2 rings (SSSR count). The maximum absolute atomic E-state index is 12.2. The van der Waals surface area contributed by atoms with Crippen LogP contribution in [0.15, 0.2) is 23.9 Å². The van der Waals surface area contributed by atoms with E-state index in [1.54, 1.807) is 50.2 Å². The summed E-state index contributed by atoms with van der Waals surface area (Å²) < 4.78 is 10.6. The van der Waals surface area contributed by atoms with Gasteiger partial charge in [-0.25, -0.2) is 0 Å². The molecule has 0 saturated carbocycles. The molecule has 1 amide bonds. The first-order valence-corrected chi connectivity index (χ1v) is 7.63. The molecule has 24 heavy (non-hydrogen) atoms. The van der Waals surface area contributed by atoms with E-state index in [9.17, 15) is 14.7 Å². The van der Waals surface area contributed by atoms with E-state index in [2.05, 4.69) is 0 Å². The highest BCUT2D eigenvalue weighted by molar-refractivity contribution is 7.80. The lowest BCUT2D eigenvalue weighted by molar-refractivity contribution is -0.307. The van der Waals surface area contributed by atoms with E-state index < -0.39 is 12.6 Å². The van der Waals surface area contributed by atoms with Gasteiger partial charge in [0.25, 0.3) is 5.91 Å². The monoisotopic (exact) mass is 349 g/mol. The largest absolute Gasteiger partial charge is 0.546 e. The molecule has 0 atom stereocenters. The molecule has 0 bridgehead atoms. The average Bonchev–Trinajstić information content (AvgIpc) is 2.72. The molecule has 1 saturated heterocycles. The zero-order valence-electron chi connectivity index (χ0n) is 13.6. The topological polar surface area (TPSA) is 82.1 Å². The maximum Gasteiger partial charge on any atom is 0.276 e. The summed E-state index contributed by atoms with van der Waals surface area (Å²) in [6.07, 6.45) is 1.68. The van der Waals surface area contributed by atoms with Gasteiger partial charge in [-0.1, -0.05) is 6.07 Å². The van der Waals surface area contributed by atoms with Crippen LogP contribution in [0.1, 0.15) is 12.5 Å². The third-order valence-electron chi connectivity index (χ3n) is 3.38. The van der Waals surface area contributed by atoms with Crippen molar-refractivity contribution in [2.75, 3.05) is 27.3 Å². The molecule has 7 nitrogen and oxygen atoms in total. The number of carbonyl (C=O) groups excluding carboxylic acids is 2. The zero-order valence-corrected chi connectivity index (χ0v) is 14.4. The van der Waals surface area contributed by atoms with Gasteiger partial charge in [-0.15, -0.1) is 0 Å². The van der Waals surface area contributed by atoms with Crippen LogP contribution in [0.4, 0.5) is 0 Å². The van der Waals surface area contributed by atoms with Gasteiger partial charge >= 0.3 is 0 Å². The summed E-state index contributed by atoms with van der Waals surface area (Å²) in [4.78, 5) is 25.7. The van der Waals surface area contributed by atoms with Crippen molar-refractivity contribution in [1.82, 2.24) is 9.80 Å². The maximum atomic E-state index is 12.2. The third kappa shape index (κ3) is 3.65. The van der Waals surface area contributed by atoms with Crippen molar-refractivity contribution >= 4 is 35.3 Å². The first kappa shape index (κ1) is 17.7. The fourth-order valence-electron chi connectivity index (χ4n) is 2.19. The van der Waals surface area contributed by atoms with Crippen LogP contribution in [-0.4, -0.2) is 54.1 Å². The molecule has 0 radical (unpaired) electrons. The number of hydrogen-bond donors (Lipinski definition) is 0. The van der Waals surface area contributed by atoms with Crippen molar-refractivity contribution in [2.24, 2.45) is 0 Å². The number of carboxylic acids is 1. The lowest BCUT2D eigenvalue weighted by Crippen LogP contribution is -2.29. The van der Waals surface area contributed by atoms with Gasteiger partial charge in [-0.3, -0.25) is 9.69 Å². The van der Waals surface area contributed by atoms with Crippen molar-refractivity contribution in [2.45, 2.75) is 6.92 Å². The van der Waals surface area contributed by atoms with Gasteiger partial charge in [0, 0.05) is 14.1 Å². The van der Waals surface area contributed by atoms with Crippen molar-refractivity contribution < 1.29 is 24.2 Å². The van der Waals surface area contributed by atoms with Gasteiger partial charge in [-0.05, 0) is 42.9 Å². The smallest absolute Gasteiger partial charge is 0.276 e. The molecule has 128 valence electrons. The Balaban J connectivity index is 2.33. The van der Waals surface area contributed by atoms with Crippen LogP contribution >= 0.6 is 12.2 Å². The number of aliphatic carboxylic acids is 1. The Morgan fingerprint density at radius 2 is 1.96 bits per heavy atom. The Kier molecular flexibility index (Phi) is 5.40. The first-order valence-electron chi connectivity index (χ1n) is 7.22. The quantitative estimate of drug-likeness (QED) is 0.537. The fraction of sp³-hybridized carbons (Fsp3) is 0.312. The molecule has 1 aliphatic rings. The Hall–Kier alpha value is -2.61. The molecular weight excluding hydrogens is 332 g/mol. The van der Waals surface area contributed by atoms with Gasteiger partial charge in [-0.2, -0.15) is 0 Å². The summed E-state index contributed by atoms with van der Waals surface area (Å²) in [5.41, 5.74) is 1.14. The summed E-state index contributed by atoms with van der Waals surface area (Å²) in [5.74, 6) is -0.838. The molecule has 1 aromatic rings. The lowest BCUT2D eigenvalue weighted by atomic mass is 10.1. The Labute approximate surface area is 145 Å². The van der Waals surface area contributed by atoms with E-state index in [0.717, 1.165) is 0 Å². The second-order valence-corrected chi connectivity index (χ2v) is 5.40.